The van der Waals surface area contributed by atoms with Crippen molar-refractivity contribution in [3.63, 3.8) is 0 Å². The molecule has 0 fully saturated rings. The highest BCUT2D eigenvalue weighted by atomic mass is 16.4. The van der Waals surface area contributed by atoms with Crippen LogP contribution in [0.1, 0.15) is 26.2 Å². The third-order valence-electron chi connectivity index (χ3n) is 1.60. The van der Waals surface area contributed by atoms with Gasteiger partial charge in [-0.2, -0.15) is 0 Å². The average molecular weight is 189 g/mol. The van der Waals surface area contributed by atoms with Crippen LogP contribution in [0, 0.1) is 0 Å². The van der Waals surface area contributed by atoms with E-state index in [0.717, 1.165) is 12.8 Å². The fraction of sp³-hybridized carbons (Fsp3) is 0.750. The zero-order chi connectivity index (χ0) is 10.3. The van der Waals surface area contributed by atoms with E-state index < -0.39 is 18.0 Å². The van der Waals surface area contributed by atoms with Crippen LogP contribution in [-0.4, -0.2) is 34.7 Å². The lowest BCUT2D eigenvalue weighted by Gasteiger charge is -2.11. The van der Waals surface area contributed by atoms with Gasteiger partial charge >= 0.3 is 11.9 Å². The number of nitrogens with one attached hydrogen (secondary N) is 1. The highest BCUT2D eigenvalue weighted by Gasteiger charge is 2.19. The Bertz CT molecular complexity index is 181. The zero-order valence-corrected chi connectivity index (χ0v) is 7.62. The van der Waals surface area contributed by atoms with E-state index in [-0.39, 0.29) is 6.42 Å². The van der Waals surface area contributed by atoms with Crippen molar-refractivity contribution < 1.29 is 19.8 Å². The molecule has 0 aliphatic carbocycles. The summed E-state index contributed by atoms with van der Waals surface area (Å²) >= 11 is 0. The van der Waals surface area contributed by atoms with Gasteiger partial charge < -0.3 is 15.5 Å². The molecule has 3 N–H and O–H groups in total. The number of hydrogen-bond acceptors (Lipinski definition) is 3. The summed E-state index contributed by atoms with van der Waals surface area (Å²) in [4.78, 5) is 20.7. The maximum Gasteiger partial charge on any atom is 0.321 e. The standard InChI is InChI=1S/C8H15NO4/c1-2-3-4-9-6(8(12)13)5-7(10)11/h6,9H,2-5H2,1H3,(H,10,11)(H,12,13). The van der Waals surface area contributed by atoms with Crippen molar-refractivity contribution in [3.8, 4) is 0 Å². The van der Waals surface area contributed by atoms with Crippen molar-refractivity contribution in [2.24, 2.45) is 0 Å². The van der Waals surface area contributed by atoms with Gasteiger partial charge in [-0.05, 0) is 13.0 Å². The highest BCUT2D eigenvalue weighted by molar-refractivity contribution is 5.80. The quantitative estimate of drug-likeness (QED) is 0.501. The molecule has 0 saturated carbocycles. The molecule has 0 saturated heterocycles. The number of unbranched alkanes of at least 4 members (excludes halogenated alkanes) is 1. The summed E-state index contributed by atoms with van der Waals surface area (Å²) in [7, 11) is 0. The first-order chi connectivity index (χ1) is 6.07. The zero-order valence-electron chi connectivity index (χ0n) is 7.62. The Morgan fingerprint density at radius 1 is 1.38 bits per heavy atom. The molecule has 0 bridgehead atoms. The normalized spacial score (nSPS) is 12.4. The molecule has 76 valence electrons. The van der Waals surface area contributed by atoms with Crippen LogP contribution in [-0.2, 0) is 9.59 Å². The molecule has 0 rings (SSSR count). The van der Waals surface area contributed by atoms with E-state index in [9.17, 15) is 9.59 Å². The Kier molecular flexibility index (Phi) is 5.88. The number of hydrogen-bond donors (Lipinski definition) is 3. The molecule has 0 spiro atoms. The average Bonchev–Trinajstić information content (AvgIpc) is 2.02. The SMILES string of the molecule is CCCCNC(CC(=O)O)C(=O)O. The number of carboxylic acid groups (broad SMARTS) is 2. The molecule has 5 nitrogen and oxygen atoms in total. The van der Waals surface area contributed by atoms with Crippen LogP contribution >= 0.6 is 0 Å². The second-order valence-electron chi connectivity index (χ2n) is 2.80. The van der Waals surface area contributed by atoms with Gasteiger partial charge in [0.1, 0.15) is 6.04 Å². The Morgan fingerprint density at radius 2 is 2.00 bits per heavy atom. The maximum atomic E-state index is 10.5. The summed E-state index contributed by atoms with van der Waals surface area (Å²) in [5.41, 5.74) is 0. The summed E-state index contributed by atoms with van der Waals surface area (Å²) in [6, 6.07) is -0.968. The molecule has 0 aromatic carbocycles. The minimum absolute atomic E-state index is 0.376. The Balaban J connectivity index is 3.81. The molecular formula is C8H15NO4. The van der Waals surface area contributed by atoms with Gasteiger partial charge in [0.25, 0.3) is 0 Å². The monoisotopic (exact) mass is 189 g/mol. The van der Waals surface area contributed by atoms with Crippen molar-refractivity contribution >= 4 is 11.9 Å². The van der Waals surface area contributed by atoms with E-state index in [2.05, 4.69) is 5.32 Å². The van der Waals surface area contributed by atoms with E-state index >= 15 is 0 Å². The van der Waals surface area contributed by atoms with Crippen LogP contribution in [0.4, 0.5) is 0 Å². The fourth-order valence-electron chi connectivity index (χ4n) is 0.874. The van der Waals surface area contributed by atoms with Crippen molar-refractivity contribution in [2.45, 2.75) is 32.2 Å². The third-order valence-corrected chi connectivity index (χ3v) is 1.60. The largest absolute Gasteiger partial charge is 0.481 e. The first-order valence-electron chi connectivity index (χ1n) is 4.26. The van der Waals surface area contributed by atoms with Gasteiger partial charge in [0.15, 0.2) is 0 Å². The topological polar surface area (TPSA) is 86.6 Å². The first kappa shape index (κ1) is 11.9. The summed E-state index contributed by atoms with van der Waals surface area (Å²) in [5, 5.41) is 19.7. The van der Waals surface area contributed by atoms with Gasteiger partial charge in [-0.3, -0.25) is 9.59 Å². The molecule has 0 amide bonds. The minimum atomic E-state index is -1.11. The van der Waals surface area contributed by atoms with Crippen LogP contribution in [0.5, 0.6) is 0 Å². The van der Waals surface area contributed by atoms with E-state index in [4.69, 9.17) is 10.2 Å². The predicted octanol–water partition coefficient (Wildman–Crippen LogP) is 0.304. The summed E-state index contributed by atoms with van der Waals surface area (Å²) in [6.07, 6.45) is 1.43. The van der Waals surface area contributed by atoms with Gasteiger partial charge in [0, 0.05) is 0 Å². The maximum absolute atomic E-state index is 10.5. The molecule has 0 radical (unpaired) electrons. The predicted molar refractivity (Wildman–Crippen MR) is 46.6 cm³/mol. The lowest BCUT2D eigenvalue weighted by atomic mass is 10.2. The molecule has 0 aromatic rings. The van der Waals surface area contributed by atoms with Gasteiger partial charge in [0.2, 0.25) is 0 Å². The van der Waals surface area contributed by atoms with Gasteiger partial charge in [-0.1, -0.05) is 13.3 Å². The molecule has 5 heteroatoms. The fourth-order valence-corrected chi connectivity index (χ4v) is 0.874. The van der Waals surface area contributed by atoms with Crippen molar-refractivity contribution in [3.05, 3.63) is 0 Å². The number of carbonyl (C=O) groups is 2. The van der Waals surface area contributed by atoms with E-state index in [1.54, 1.807) is 0 Å². The van der Waals surface area contributed by atoms with Crippen molar-refractivity contribution in [2.75, 3.05) is 6.54 Å². The van der Waals surface area contributed by atoms with Crippen LogP contribution in [0.2, 0.25) is 0 Å². The Hall–Kier alpha value is -1.10. The lowest BCUT2D eigenvalue weighted by Crippen LogP contribution is -2.38. The highest BCUT2D eigenvalue weighted by Crippen LogP contribution is 1.93. The lowest BCUT2D eigenvalue weighted by molar-refractivity contribution is -0.145. The molecule has 1 atom stereocenters. The van der Waals surface area contributed by atoms with Crippen LogP contribution in [0.25, 0.3) is 0 Å². The number of rotatable bonds is 7. The molecule has 0 aliphatic heterocycles. The van der Waals surface area contributed by atoms with Crippen LogP contribution in [0.3, 0.4) is 0 Å². The number of carboxylic acids is 2. The van der Waals surface area contributed by atoms with Gasteiger partial charge in [-0.25, -0.2) is 0 Å². The molecule has 0 heterocycles. The number of aliphatic carboxylic acids is 2. The van der Waals surface area contributed by atoms with E-state index in [1.165, 1.54) is 0 Å². The van der Waals surface area contributed by atoms with E-state index in [0.29, 0.717) is 6.54 Å². The smallest absolute Gasteiger partial charge is 0.321 e. The van der Waals surface area contributed by atoms with Gasteiger partial charge in [0.05, 0.1) is 6.42 Å². The van der Waals surface area contributed by atoms with Crippen LogP contribution in [0.15, 0.2) is 0 Å². The third kappa shape index (κ3) is 6.10. The Labute approximate surface area is 76.8 Å². The second-order valence-corrected chi connectivity index (χ2v) is 2.80. The molecule has 13 heavy (non-hydrogen) atoms. The van der Waals surface area contributed by atoms with Crippen molar-refractivity contribution in [1.82, 2.24) is 5.32 Å². The molecular weight excluding hydrogens is 174 g/mol. The van der Waals surface area contributed by atoms with E-state index in [1.807, 2.05) is 6.92 Å². The second kappa shape index (κ2) is 6.42. The van der Waals surface area contributed by atoms with Crippen molar-refractivity contribution in [1.29, 1.82) is 0 Å². The summed E-state index contributed by atoms with van der Waals surface area (Å²) in [5.74, 6) is -2.21. The van der Waals surface area contributed by atoms with Gasteiger partial charge in [-0.15, -0.1) is 0 Å². The summed E-state index contributed by atoms with van der Waals surface area (Å²) < 4.78 is 0. The molecule has 1 unspecified atom stereocenters. The molecule has 0 aromatic heterocycles. The van der Waals surface area contributed by atoms with Crippen LogP contribution < -0.4 is 5.32 Å². The summed E-state index contributed by atoms with van der Waals surface area (Å²) in [6.45, 7) is 2.52. The Morgan fingerprint density at radius 3 is 2.38 bits per heavy atom. The molecule has 0 aliphatic rings. The minimum Gasteiger partial charge on any atom is -0.481 e. The first-order valence-corrected chi connectivity index (χ1v) is 4.26.